The normalized spacial score (nSPS) is 13.4. The monoisotopic (exact) mass is 279 g/mol. The number of rotatable bonds is 5. The van der Waals surface area contributed by atoms with Gasteiger partial charge in [0.25, 0.3) is 0 Å². The predicted molar refractivity (Wildman–Crippen MR) is 81.8 cm³/mol. The van der Waals surface area contributed by atoms with Gasteiger partial charge in [0.2, 0.25) is 0 Å². The van der Waals surface area contributed by atoms with Crippen LogP contribution in [-0.2, 0) is 0 Å². The standard InChI is InChI=1S/C15H22ClN3/c1-10(2)19-14-12(16)7-4-8-13(14)18-15(19)11(3)6-5-9-17/h4,7-8,10-11H,5-6,9,17H2,1-3H3. The van der Waals surface area contributed by atoms with Crippen LogP contribution in [0.3, 0.4) is 0 Å². The van der Waals surface area contributed by atoms with Crippen LogP contribution in [0.1, 0.15) is 51.4 Å². The van der Waals surface area contributed by atoms with Crippen molar-refractivity contribution in [2.45, 2.75) is 45.6 Å². The molecule has 0 bridgehead atoms. The first-order chi connectivity index (χ1) is 9.06. The fraction of sp³-hybridized carbons (Fsp3) is 0.533. The maximum absolute atomic E-state index is 6.35. The lowest BCUT2D eigenvalue weighted by atomic mass is 10.0. The minimum absolute atomic E-state index is 0.347. The average molecular weight is 280 g/mol. The van der Waals surface area contributed by atoms with E-state index in [-0.39, 0.29) is 0 Å². The first-order valence-corrected chi connectivity index (χ1v) is 7.30. The second-order valence-electron chi connectivity index (χ2n) is 5.37. The molecule has 0 saturated heterocycles. The summed E-state index contributed by atoms with van der Waals surface area (Å²) in [6.45, 7) is 7.28. The molecule has 0 aliphatic carbocycles. The van der Waals surface area contributed by atoms with E-state index in [1.54, 1.807) is 0 Å². The molecule has 2 rings (SSSR count). The smallest absolute Gasteiger partial charge is 0.112 e. The van der Waals surface area contributed by atoms with Gasteiger partial charge in [-0.3, -0.25) is 0 Å². The number of halogens is 1. The fourth-order valence-electron chi connectivity index (χ4n) is 2.55. The van der Waals surface area contributed by atoms with Crippen molar-refractivity contribution >= 4 is 22.6 Å². The molecule has 1 heterocycles. The van der Waals surface area contributed by atoms with E-state index < -0.39 is 0 Å². The number of hydrogen-bond acceptors (Lipinski definition) is 2. The first-order valence-electron chi connectivity index (χ1n) is 6.92. The van der Waals surface area contributed by atoms with Gasteiger partial charge in [-0.2, -0.15) is 0 Å². The van der Waals surface area contributed by atoms with E-state index in [2.05, 4.69) is 25.3 Å². The van der Waals surface area contributed by atoms with E-state index in [1.165, 1.54) is 0 Å². The summed E-state index contributed by atoms with van der Waals surface area (Å²) >= 11 is 6.35. The molecule has 0 aliphatic rings. The molecular formula is C15H22ClN3. The third-order valence-corrected chi connectivity index (χ3v) is 3.79. The Morgan fingerprint density at radius 3 is 2.68 bits per heavy atom. The molecular weight excluding hydrogens is 258 g/mol. The van der Waals surface area contributed by atoms with Crippen molar-refractivity contribution in [1.29, 1.82) is 0 Å². The maximum atomic E-state index is 6.35. The van der Waals surface area contributed by atoms with Crippen LogP contribution in [0.2, 0.25) is 5.02 Å². The largest absolute Gasteiger partial charge is 0.330 e. The van der Waals surface area contributed by atoms with E-state index in [4.69, 9.17) is 22.3 Å². The molecule has 4 heteroatoms. The number of aromatic nitrogens is 2. The number of benzene rings is 1. The lowest BCUT2D eigenvalue weighted by Crippen LogP contribution is -2.11. The molecule has 1 aromatic heterocycles. The maximum Gasteiger partial charge on any atom is 0.112 e. The third kappa shape index (κ3) is 2.77. The Morgan fingerprint density at radius 1 is 1.32 bits per heavy atom. The molecule has 2 aromatic rings. The molecule has 1 unspecified atom stereocenters. The van der Waals surface area contributed by atoms with Crippen LogP contribution in [0.25, 0.3) is 11.0 Å². The lowest BCUT2D eigenvalue weighted by molar-refractivity contribution is 0.526. The quantitative estimate of drug-likeness (QED) is 0.895. The SMILES string of the molecule is CC(CCCN)c1nc2cccc(Cl)c2n1C(C)C. The van der Waals surface area contributed by atoms with Gasteiger partial charge in [-0.1, -0.05) is 24.6 Å². The number of fused-ring (bicyclic) bond motifs is 1. The summed E-state index contributed by atoms with van der Waals surface area (Å²) in [7, 11) is 0. The molecule has 3 nitrogen and oxygen atoms in total. The number of imidazole rings is 1. The summed E-state index contributed by atoms with van der Waals surface area (Å²) in [5.74, 6) is 1.51. The van der Waals surface area contributed by atoms with Crippen molar-refractivity contribution < 1.29 is 0 Å². The zero-order chi connectivity index (χ0) is 14.0. The topological polar surface area (TPSA) is 43.8 Å². The molecule has 0 saturated carbocycles. The number of para-hydroxylation sites is 1. The van der Waals surface area contributed by atoms with Gasteiger partial charge in [-0.25, -0.2) is 4.98 Å². The summed E-state index contributed by atoms with van der Waals surface area (Å²) in [6.07, 6.45) is 2.08. The van der Waals surface area contributed by atoms with Crippen molar-refractivity contribution in [2.24, 2.45) is 5.73 Å². The molecule has 0 spiro atoms. The number of hydrogen-bond donors (Lipinski definition) is 1. The van der Waals surface area contributed by atoms with Gasteiger partial charge < -0.3 is 10.3 Å². The van der Waals surface area contributed by atoms with Crippen LogP contribution in [0, 0.1) is 0 Å². The predicted octanol–water partition coefficient (Wildman–Crippen LogP) is 4.11. The Balaban J connectivity index is 2.54. The molecule has 2 N–H and O–H groups in total. The fourth-order valence-corrected chi connectivity index (χ4v) is 2.81. The van der Waals surface area contributed by atoms with Crippen molar-refractivity contribution in [3.05, 3.63) is 29.0 Å². The van der Waals surface area contributed by atoms with E-state index in [0.29, 0.717) is 12.0 Å². The van der Waals surface area contributed by atoms with Gasteiger partial charge in [0.05, 0.1) is 16.1 Å². The Morgan fingerprint density at radius 2 is 2.05 bits per heavy atom. The van der Waals surface area contributed by atoms with Gasteiger partial charge in [0.15, 0.2) is 0 Å². The van der Waals surface area contributed by atoms with Gasteiger partial charge >= 0.3 is 0 Å². The van der Waals surface area contributed by atoms with Gasteiger partial charge in [0.1, 0.15) is 5.82 Å². The van der Waals surface area contributed by atoms with Gasteiger partial charge in [-0.05, 0) is 45.4 Å². The molecule has 0 aliphatic heterocycles. The Labute approximate surface area is 119 Å². The third-order valence-electron chi connectivity index (χ3n) is 3.49. The van der Waals surface area contributed by atoms with Crippen LogP contribution in [0.5, 0.6) is 0 Å². The Bertz CT molecular complexity index is 560. The van der Waals surface area contributed by atoms with Crippen LogP contribution in [0.4, 0.5) is 0 Å². The molecule has 1 aromatic carbocycles. The molecule has 1 atom stereocenters. The molecule has 104 valence electrons. The highest BCUT2D eigenvalue weighted by atomic mass is 35.5. The number of nitrogens with two attached hydrogens (primary N) is 1. The second kappa shape index (κ2) is 5.93. The van der Waals surface area contributed by atoms with E-state index >= 15 is 0 Å². The zero-order valence-electron chi connectivity index (χ0n) is 11.9. The van der Waals surface area contributed by atoms with Gasteiger partial charge in [-0.15, -0.1) is 0 Å². The second-order valence-corrected chi connectivity index (χ2v) is 5.78. The van der Waals surface area contributed by atoms with Crippen LogP contribution in [0.15, 0.2) is 18.2 Å². The van der Waals surface area contributed by atoms with Crippen LogP contribution >= 0.6 is 11.6 Å². The Hall–Kier alpha value is -1.06. The minimum atomic E-state index is 0.347. The lowest BCUT2D eigenvalue weighted by Gasteiger charge is -2.17. The molecule has 0 fully saturated rings. The summed E-state index contributed by atoms with van der Waals surface area (Å²) in [6, 6.07) is 6.26. The van der Waals surface area contributed by atoms with Crippen molar-refractivity contribution in [2.75, 3.05) is 6.54 Å². The summed E-state index contributed by atoms with van der Waals surface area (Å²) in [5.41, 5.74) is 7.64. The average Bonchev–Trinajstić information content (AvgIpc) is 2.77. The van der Waals surface area contributed by atoms with Crippen molar-refractivity contribution in [1.82, 2.24) is 9.55 Å². The van der Waals surface area contributed by atoms with Gasteiger partial charge in [0, 0.05) is 12.0 Å². The van der Waals surface area contributed by atoms with Crippen LogP contribution < -0.4 is 5.73 Å². The van der Waals surface area contributed by atoms with E-state index in [9.17, 15) is 0 Å². The highest BCUT2D eigenvalue weighted by Gasteiger charge is 2.19. The Kier molecular flexibility index (Phi) is 4.48. The van der Waals surface area contributed by atoms with Crippen LogP contribution in [-0.4, -0.2) is 16.1 Å². The van der Waals surface area contributed by atoms with E-state index in [1.807, 2.05) is 18.2 Å². The zero-order valence-corrected chi connectivity index (χ0v) is 12.6. The van der Waals surface area contributed by atoms with E-state index in [0.717, 1.165) is 41.3 Å². The summed E-state index contributed by atoms with van der Waals surface area (Å²) in [5, 5.41) is 0.774. The minimum Gasteiger partial charge on any atom is -0.330 e. The highest BCUT2D eigenvalue weighted by molar-refractivity contribution is 6.35. The first kappa shape index (κ1) is 14.4. The summed E-state index contributed by atoms with van der Waals surface area (Å²) in [4.78, 5) is 4.79. The summed E-state index contributed by atoms with van der Waals surface area (Å²) < 4.78 is 2.26. The highest BCUT2D eigenvalue weighted by Crippen LogP contribution is 2.31. The number of nitrogens with zero attached hydrogens (tertiary/aromatic N) is 2. The van der Waals surface area contributed by atoms with Crippen molar-refractivity contribution in [3.8, 4) is 0 Å². The molecule has 0 amide bonds. The molecule has 0 radical (unpaired) electrons. The van der Waals surface area contributed by atoms with Crippen molar-refractivity contribution in [3.63, 3.8) is 0 Å². The molecule has 19 heavy (non-hydrogen) atoms.